The summed E-state index contributed by atoms with van der Waals surface area (Å²) in [5.74, 6) is -2.35. The maximum Gasteiger partial charge on any atom is 0.416 e. The van der Waals surface area contributed by atoms with Crippen LogP contribution >= 0.6 is 11.6 Å². The number of carbonyl (C=O) groups is 2. The number of nitrogens with zero attached hydrogens (tertiary/aromatic N) is 2. The predicted octanol–water partition coefficient (Wildman–Crippen LogP) is 9.61. The molecule has 6 rings (SSSR count). The lowest BCUT2D eigenvalue weighted by Gasteiger charge is -2.25. The van der Waals surface area contributed by atoms with Gasteiger partial charge in [-0.1, -0.05) is 35.9 Å². The molecule has 0 spiro atoms. The number of aromatic nitrogens is 1. The zero-order valence-corrected chi connectivity index (χ0v) is 25.8. The lowest BCUT2D eigenvalue weighted by atomic mass is 9.86. The number of rotatable bonds is 7. The van der Waals surface area contributed by atoms with Gasteiger partial charge in [-0.05, 0) is 79.3 Å². The highest BCUT2D eigenvalue weighted by molar-refractivity contribution is 6.37. The Labute approximate surface area is 274 Å². The molecule has 3 aromatic rings. The number of halogens is 8. The number of benzene rings is 2. The summed E-state index contributed by atoms with van der Waals surface area (Å²) in [6, 6.07) is 7.29. The van der Waals surface area contributed by atoms with E-state index >= 15 is 4.39 Å². The summed E-state index contributed by atoms with van der Waals surface area (Å²) in [7, 11) is 0. The first-order chi connectivity index (χ1) is 22.5. The monoisotopic (exact) mass is 694 g/mol. The number of hydrogen-bond donors (Lipinski definition) is 1. The van der Waals surface area contributed by atoms with Crippen molar-refractivity contribution in [1.29, 1.82) is 0 Å². The molecule has 2 heterocycles. The van der Waals surface area contributed by atoms with Crippen LogP contribution in [-0.4, -0.2) is 33.1 Å². The van der Waals surface area contributed by atoms with Crippen molar-refractivity contribution in [1.82, 2.24) is 9.88 Å². The zero-order valence-electron chi connectivity index (χ0n) is 25.0. The average Bonchev–Trinajstić information content (AvgIpc) is 3.83. The highest BCUT2D eigenvalue weighted by atomic mass is 35.5. The molecular formula is C34H26ClF7N2O4. The molecule has 2 aliphatic carbocycles. The second kappa shape index (κ2) is 12.2. The van der Waals surface area contributed by atoms with Gasteiger partial charge in [0.25, 0.3) is 0 Å². The molecule has 1 amide bonds. The second-order valence-corrected chi connectivity index (χ2v) is 12.4. The van der Waals surface area contributed by atoms with E-state index in [1.807, 2.05) is 6.07 Å². The molecule has 1 saturated heterocycles. The standard InChI is InChI=1S/C34H26ClF7N2O4/c1-16-30(20-10-21(33(37,38)39)14-22(11-20)34(40,41)42)48-32(47)44(16)15-29-24(7-9-28(43-29)17-2-3-17)25-12-18(5-8-26(25)35)23-6-4-19(31(45)46)13-27(23)36/h4,6-14,16-18,30H,2-3,5,15H2,1H3,(H,45,46)/t16-,18?,30-/m0/s1. The number of cyclic esters (lactones) is 1. The Morgan fingerprint density at radius 2 is 1.69 bits per heavy atom. The van der Waals surface area contributed by atoms with E-state index in [0.29, 0.717) is 40.4 Å². The van der Waals surface area contributed by atoms with E-state index in [0.717, 1.165) is 24.6 Å². The maximum absolute atomic E-state index is 15.0. The van der Waals surface area contributed by atoms with Crippen LogP contribution in [-0.2, 0) is 23.6 Å². The fourth-order valence-electron chi connectivity index (χ4n) is 6.04. The van der Waals surface area contributed by atoms with Crippen LogP contribution in [0.3, 0.4) is 0 Å². The molecule has 48 heavy (non-hydrogen) atoms. The molecule has 2 fully saturated rings. The Bertz CT molecular complexity index is 1830. The number of pyridine rings is 1. The fraction of sp³-hybridized carbons (Fsp3) is 0.324. The molecular weight excluding hydrogens is 669 g/mol. The van der Waals surface area contributed by atoms with Crippen LogP contribution in [0.4, 0.5) is 35.5 Å². The smallest absolute Gasteiger partial charge is 0.416 e. The fourth-order valence-corrected chi connectivity index (χ4v) is 6.29. The summed E-state index contributed by atoms with van der Waals surface area (Å²) in [5, 5.41) is 9.53. The van der Waals surface area contributed by atoms with Crippen LogP contribution in [0.1, 0.15) is 93.7 Å². The molecule has 1 aromatic heterocycles. The Balaban J connectivity index is 1.35. The number of carboxylic acid groups (broad SMARTS) is 1. The Hall–Kier alpha value is -4.39. The number of alkyl halides is 6. The van der Waals surface area contributed by atoms with Crippen LogP contribution in [0.25, 0.3) is 5.57 Å². The van der Waals surface area contributed by atoms with E-state index in [2.05, 4.69) is 0 Å². The quantitative estimate of drug-likeness (QED) is 0.249. The molecule has 0 bridgehead atoms. The average molecular weight is 695 g/mol. The van der Waals surface area contributed by atoms with E-state index < -0.39 is 65.0 Å². The number of hydrogen-bond acceptors (Lipinski definition) is 4. The van der Waals surface area contributed by atoms with Gasteiger partial charge in [-0.15, -0.1) is 0 Å². The molecule has 1 unspecified atom stereocenters. The first kappa shape index (κ1) is 33.5. The minimum absolute atomic E-state index is 0.0110. The summed E-state index contributed by atoms with van der Waals surface area (Å²) in [6.45, 7) is 1.24. The van der Waals surface area contributed by atoms with Gasteiger partial charge in [-0.25, -0.2) is 14.0 Å². The number of allylic oxidation sites excluding steroid dienone is 4. The SMILES string of the molecule is C[C@H]1[C@@H](c2cc(C(F)(F)F)cc(C(F)(F)F)c2)OC(=O)N1Cc1nc(C2CC2)ccc1C1=CC(c2ccc(C(=O)O)cc2F)CC=C1Cl. The third-order valence-corrected chi connectivity index (χ3v) is 9.11. The summed E-state index contributed by atoms with van der Waals surface area (Å²) < 4.78 is 102. The number of aromatic carboxylic acids is 1. The first-order valence-electron chi connectivity index (χ1n) is 14.9. The van der Waals surface area contributed by atoms with Crippen molar-refractivity contribution in [3.8, 4) is 0 Å². The van der Waals surface area contributed by atoms with Crippen LogP contribution in [0, 0.1) is 5.82 Å². The van der Waals surface area contributed by atoms with Gasteiger partial charge in [-0.3, -0.25) is 9.88 Å². The molecule has 1 aliphatic heterocycles. The topological polar surface area (TPSA) is 79.7 Å². The minimum Gasteiger partial charge on any atom is -0.478 e. The highest BCUT2D eigenvalue weighted by Crippen LogP contribution is 2.44. The summed E-state index contributed by atoms with van der Waals surface area (Å²) >= 11 is 6.65. The molecule has 1 N–H and O–H groups in total. The van der Waals surface area contributed by atoms with Gasteiger partial charge in [0.1, 0.15) is 11.9 Å². The normalized spacial score (nSPS) is 21.6. The third-order valence-electron chi connectivity index (χ3n) is 8.76. The van der Waals surface area contributed by atoms with Crippen molar-refractivity contribution in [2.24, 2.45) is 0 Å². The van der Waals surface area contributed by atoms with Crippen molar-refractivity contribution in [2.45, 2.75) is 69.1 Å². The highest BCUT2D eigenvalue weighted by Gasteiger charge is 2.44. The number of ether oxygens (including phenoxy) is 1. The zero-order chi connectivity index (χ0) is 34.7. The predicted molar refractivity (Wildman–Crippen MR) is 160 cm³/mol. The van der Waals surface area contributed by atoms with E-state index in [1.54, 1.807) is 18.2 Å². The number of carboxylic acids is 1. The lowest BCUT2D eigenvalue weighted by Crippen LogP contribution is -2.32. The Kier molecular flexibility index (Phi) is 8.55. The molecule has 3 aliphatic rings. The van der Waals surface area contributed by atoms with E-state index in [4.69, 9.17) is 21.3 Å². The van der Waals surface area contributed by atoms with Gasteiger partial charge in [0.05, 0.1) is 35.0 Å². The van der Waals surface area contributed by atoms with Gasteiger partial charge < -0.3 is 9.84 Å². The van der Waals surface area contributed by atoms with Crippen LogP contribution < -0.4 is 0 Å². The van der Waals surface area contributed by atoms with Crippen LogP contribution in [0.2, 0.25) is 0 Å². The third kappa shape index (κ3) is 6.65. The van der Waals surface area contributed by atoms with Crippen molar-refractivity contribution in [2.75, 3.05) is 0 Å². The van der Waals surface area contributed by atoms with Crippen molar-refractivity contribution < 1.29 is 50.2 Å². The van der Waals surface area contributed by atoms with Gasteiger partial charge in [0.15, 0.2) is 0 Å². The molecule has 252 valence electrons. The van der Waals surface area contributed by atoms with Crippen molar-refractivity contribution in [3.05, 3.63) is 116 Å². The van der Waals surface area contributed by atoms with Gasteiger partial charge in [0.2, 0.25) is 0 Å². The summed E-state index contributed by atoms with van der Waals surface area (Å²) in [4.78, 5) is 30.4. The van der Waals surface area contributed by atoms with Crippen molar-refractivity contribution in [3.63, 3.8) is 0 Å². The maximum atomic E-state index is 15.0. The second-order valence-electron chi connectivity index (χ2n) is 12.0. The van der Waals surface area contributed by atoms with Gasteiger partial charge >= 0.3 is 24.4 Å². The van der Waals surface area contributed by atoms with E-state index in [-0.39, 0.29) is 29.7 Å². The largest absolute Gasteiger partial charge is 0.478 e. The molecule has 1 saturated carbocycles. The molecule has 0 radical (unpaired) electrons. The minimum atomic E-state index is -5.08. The Morgan fingerprint density at radius 3 is 2.27 bits per heavy atom. The van der Waals surface area contributed by atoms with Crippen molar-refractivity contribution >= 4 is 29.2 Å². The van der Waals surface area contributed by atoms with E-state index in [1.165, 1.54) is 24.0 Å². The number of carbonyl (C=O) groups excluding carboxylic acids is 1. The molecule has 6 nitrogen and oxygen atoms in total. The van der Waals surface area contributed by atoms with Gasteiger partial charge in [-0.2, -0.15) is 26.3 Å². The molecule has 2 aromatic carbocycles. The Morgan fingerprint density at radius 1 is 1.02 bits per heavy atom. The first-order valence-corrected chi connectivity index (χ1v) is 15.3. The lowest BCUT2D eigenvalue weighted by molar-refractivity contribution is -0.143. The number of amides is 1. The molecule has 3 atom stereocenters. The summed E-state index contributed by atoms with van der Waals surface area (Å²) in [5.41, 5.74) is -1.45. The van der Waals surface area contributed by atoms with Crippen LogP contribution in [0.5, 0.6) is 0 Å². The van der Waals surface area contributed by atoms with Crippen LogP contribution in [0.15, 0.2) is 65.7 Å². The summed E-state index contributed by atoms with van der Waals surface area (Å²) in [6.07, 6.45) is -7.08. The van der Waals surface area contributed by atoms with E-state index in [9.17, 15) is 41.0 Å². The van der Waals surface area contributed by atoms with Gasteiger partial charge in [0, 0.05) is 28.1 Å². The molecule has 14 heteroatoms.